The Morgan fingerprint density at radius 2 is 1.79 bits per heavy atom. The van der Waals surface area contributed by atoms with Gasteiger partial charge in [-0.1, -0.05) is 30.3 Å². The van der Waals surface area contributed by atoms with Gasteiger partial charge in [0.15, 0.2) is 6.54 Å². The topological polar surface area (TPSA) is 70.9 Å². The van der Waals surface area contributed by atoms with E-state index in [1.807, 2.05) is 30.3 Å². The van der Waals surface area contributed by atoms with E-state index in [2.05, 4.69) is 12.2 Å². The molecule has 2 N–H and O–H groups in total. The molecule has 0 aliphatic carbocycles. The molecule has 1 amide bonds. The van der Waals surface area contributed by atoms with Crippen LogP contribution in [0, 0.1) is 0 Å². The summed E-state index contributed by atoms with van der Waals surface area (Å²) in [5.41, 5.74) is 1.54. The van der Waals surface area contributed by atoms with Crippen LogP contribution in [0.3, 0.4) is 0 Å². The molecule has 6 nitrogen and oxygen atoms in total. The van der Waals surface area contributed by atoms with Gasteiger partial charge in [-0.2, -0.15) is 4.31 Å². The maximum absolute atomic E-state index is 12.8. The van der Waals surface area contributed by atoms with Crippen LogP contribution < -0.4 is 10.2 Å². The lowest BCUT2D eigenvalue weighted by molar-refractivity contribution is -0.920. The summed E-state index contributed by atoms with van der Waals surface area (Å²) < 4.78 is 26.9. The molecule has 1 unspecified atom stereocenters. The van der Waals surface area contributed by atoms with E-state index in [0.717, 1.165) is 24.9 Å². The number of benzene rings is 2. The number of carbonyl (C=O) groups is 1. The zero-order valence-electron chi connectivity index (χ0n) is 17.1. The smallest absolute Gasteiger partial charge is 0.279 e. The van der Waals surface area contributed by atoms with Gasteiger partial charge in [-0.25, -0.2) is 8.42 Å². The molecule has 1 saturated heterocycles. The van der Waals surface area contributed by atoms with Gasteiger partial charge in [0.05, 0.1) is 17.5 Å². The Morgan fingerprint density at radius 1 is 1.10 bits per heavy atom. The first kappa shape index (κ1) is 21.5. The molecule has 3 rings (SSSR count). The van der Waals surface area contributed by atoms with Crippen molar-refractivity contribution in [3.63, 3.8) is 0 Å². The molecule has 29 heavy (non-hydrogen) atoms. The van der Waals surface area contributed by atoms with Crippen molar-refractivity contribution in [1.29, 1.82) is 0 Å². The predicted molar refractivity (Wildman–Crippen MR) is 114 cm³/mol. The van der Waals surface area contributed by atoms with E-state index in [1.54, 1.807) is 31.3 Å². The Kier molecular flexibility index (Phi) is 7.05. The highest BCUT2D eigenvalue weighted by Gasteiger charge is 2.24. The van der Waals surface area contributed by atoms with Crippen molar-refractivity contribution in [2.75, 3.05) is 25.5 Å². The number of carbonyl (C=O) groups excluding carboxylic acids is 1. The minimum absolute atomic E-state index is 0.0365. The lowest BCUT2D eigenvalue weighted by Crippen LogP contribution is -3.17. The van der Waals surface area contributed by atoms with E-state index in [0.29, 0.717) is 24.8 Å². The van der Waals surface area contributed by atoms with Gasteiger partial charge in [-0.05, 0) is 56.0 Å². The molecule has 1 heterocycles. The highest BCUT2D eigenvalue weighted by molar-refractivity contribution is 7.89. The fraction of sp³-hybridized carbons (Fsp3) is 0.409. The fourth-order valence-electron chi connectivity index (χ4n) is 3.74. The largest absolute Gasteiger partial charge is 0.325 e. The molecule has 0 aromatic heterocycles. The number of rotatable bonds is 7. The van der Waals surface area contributed by atoms with Gasteiger partial charge in [0.1, 0.15) is 0 Å². The molecule has 1 aliphatic rings. The summed E-state index contributed by atoms with van der Waals surface area (Å²) in [5, 5.41) is 2.89. The van der Waals surface area contributed by atoms with Crippen LogP contribution in [-0.2, 0) is 21.4 Å². The summed E-state index contributed by atoms with van der Waals surface area (Å²) >= 11 is 0. The van der Waals surface area contributed by atoms with Gasteiger partial charge in [-0.3, -0.25) is 4.79 Å². The minimum Gasteiger partial charge on any atom is -0.325 e. The van der Waals surface area contributed by atoms with Crippen LogP contribution in [0.25, 0.3) is 0 Å². The molecular weight excluding hydrogens is 386 g/mol. The minimum atomic E-state index is -3.60. The van der Waals surface area contributed by atoms with Gasteiger partial charge in [0.25, 0.3) is 5.91 Å². The lowest BCUT2D eigenvalue weighted by atomic mass is 10.0. The first-order chi connectivity index (χ1) is 13.9. The monoisotopic (exact) mass is 416 g/mol. The van der Waals surface area contributed by atoms with Gasteiger partial charge in [-0.15, -0.1) is 0 Å². The Morgan fingerprint density at radius 3 is 2.45 bits per heavy atom. The molecule has 0 bridgehead atoms. The molecular formula is C22H30N3O3S+. The van der Waals surface area contributed by atoms with E-state index in [9.17, 15) is 13.2 Å². The third-order valence-electron chi connectivity index (χ3n) is 5.56. The quantitative estimate of drug-likeness (QED) is 0.724. The second-order valence-corrected chi connectivity index (χ2v) is 9.85. The highest BCUT2D eigenvalue weighted by atomic mass is 32.2. The fourth-order valence-corrected chi connectivity index (χ4v) is 4.90. The number of amides is 1. The van der Waals surface area contributed by atoms with Crippen LogP contribution in [0.15, 0.2) is 59.5 Å². The molecule has 2 aromatic carbocycles. The van der Waals surface area contributed by atoms with Crippen LogP contribution in [0.1, 0.15) is 31.7 Å². The SMILES string of the molecule is C[C@H]1CCCC[NH+]1CC(=O)Nc1ccc(S(=O)(=O)N(C)Cc2ccccc2)cc1. The van der Waals surface area contributed by atoms with Crippen LogP contribution >= 0.6 is 0 Å². The Hall–Kier alpha value is -2.22. The molecule has 0 saturated carbocycles. The Bertz CT molecular complexity index is 914. The molecule has 2 atom stereocenters. The molecule has 7 heteroatoms. The van der Waals surface area contributed by atoms with Crippen molar-refractivity contribution in [2.45, 2.75) is 43.7 Å². The lowest BCUT2D eigenvalue weighted by Gasteiger charge is -2.29. The standard InChI is InChI=1S/C22H29N3O3S/c1-18-8-6-7-15-25(18)17-22(26)23-20-11-13-21(14-12-20)29(27,28)24(2)16-19-9-4-3-5-10-19/h3-5,9-14,18H,6-8,15-17H2,1-2H3,(H,23,26)/p+1/t18-/m0/s1. The zero-order valence-corrected chi connectivity index (χ0v) is 17.9. The maximum atomic E-state index is 12.8. The summed E-state index contributed by atoms with van der Waals surface area (Å²) in [5.74, 6) is -0.0365. The summed E-state index contributed by atoms with van der Waals surface area (Å²) in [6.45, 7) is 3.96. The third-order valence-corrected chi connectivity index (χ3v) is 7.38. The van der Waals surface area contributed by atoms with Crippen LogP contribution in [0.4, 0.5) is 5.69 Å². The van der Waals surface area contributed by atoms with Gasteiger partial charge < -0.3 is 10.2 Å². The van der Waals surface area contributed by atoms with E-state index in [1.165, 1.54) is 15.6 Å². The molecule has 1 aliphatic heterocycles. The second-order valence-electron chi connectivity index (χ2n) is 7.80. The van der Waals surface area contributed by atoms with Crippen molar-refractivity contribution >= 4 is 21.6 Å². The first-order valence-corrected chi connectivity index (χ1v) is 11.5. The number of likely N-dealkylation sites (tertiary alicyclic amines) is 1. The van der Waals surface area contributed by atoms with Crippen molar-refractivity contribution in [3.8, 4) is 0 Å². The number of nitrogens with one attached hydrogen (secondary N) is 2. The number of quaternary nitrogens is 1. The summed E-state index contributed by atoms with van der Waals surface area (Å²) in [4.78, 5) is 13.9. The number of piperidine rings is 1. The van der Waals surface area contributed by atoms with Gasteiger partial charge >= 0.3 is 0 Å². The summed E-state index contributed by atoms with van der Waals surface area (Å²) in [6, 6.07) is 16.4. The molecule has 0 spiro atoms. The molecule has 2 aromatic rings. The van der Waals surface area contributed by atoms with E-state index in [4.69, 9.17) is 0 Å². The Balaban J connectivity index is 1.60. The maximum Gasteiger partial charge on any atom is 0.279 e. The Labute approximate surface area is 173 Å². The second kappa shape index (κ2) is 9.52. The molecule has 156 valence electrons. The van der Waals surface area contributed by atoms with Gasteiger partial charge in [0, 0.05) is 19.3 Å². The molecule has 0 radical (unpaired) electrons. The van der Waals surface area contributed by atoms with Crippen LogP contribution in [0.2, 0.25) is 0 Å². The third kappa shape index (κ3) is 5.65. The van der Waals surface area contributed by atoms with E-state index in [-0.39, 0.29) is 10.8 Å². The summed E-state index contributed by atoms with van der Waals surface area (Å²) in [6.07, 6.45) is 3.56. The van der Waals surface area contributed by atoms with Crippen LogP contribution in [-0.4, -0.2) is 44.8 Å². The van der Waals surface area contributed by atoms with Crippen molar-refractivity contribution < 1.29 is 18.1 Å². The van der Waals surface area contributed by atoms with Crippen molar-refractivity contribution in [3.05, 3.63) is 60.2 Å². The number of anilines is 1. The van der Waals surface area contributed by atoms with Gasteiger partial charge in [0.2, 0.25) is 10.0 Å². The number of sulfonamides is 1. The number of hydrogen-bond acceptors (Lipinski definition) is 3. The van der Waals surface area contributed by atoms with E-state index < -0.39 is 10.0 Å². The number of hydrogen-bond donors (Lipinski definition) is 2. The van der Waals surface area contributed by atoms with Crippen LogP contribution in [0.5, 0.6) is 0 Å². The van der Waals surface area contributed by atoms with E-state index >= 15 is 0 Å². The zero-order chi connectivity index (χ0) is 20.9. The predicted octanol–water partition coefficient (Wildman–Crippen LogP) is 1.90. The number of nitrogens with zero attached hydrogens (tertiary/aromatic N) is 1. The highest BCUT2D eigenvalue weighted by Crippen LogP contribution is 2.19. The van der Waals surface area contributed by atoms with Crippen molar-refractivity contribution in [2.24, 2.45) is 0 Å². The normalized spacial score (nSPS) is 19.8. The molecule has 1 fully saturated rings. The average molecular weight is 417 g/mol. The first-order valence-electron chi connectivity index (χ1n) is 10.1. The van der Waals surface area contributed by atoms with Crippen molar-refractivity contribution in [1.82, 2.24) is 4.31 Å². The summed E-state index contributed by atoms with van der Waals surface area (Å²) in [7, 11) is -2.03. The average Bonchev–Trinajstić information content (AvgIpc) is 2.71.